The summed E-state index contributed by atoms with van der Waals surface area (Å²) in [5.74, 6) is -0.0155. The lowest BCUT2D eigenvalue weighted by atomic mass is 9.89. The van der Waals surface area contributed by atoms with Crippen LogP contribution in [0, 0.1) is 6.92 Å². The molecule has 1 saturated heterocycles. The number of primary amides is 1. The van der Waals surface area contributed by atoms with Crippen LogP contribution < -0.4 is 16.4 Å². The Morgan fingerprint density at radius 2 is 1.70 bits per heavy atom. The first-order chi connectivity index (χ1) is 22.1. The standard InChI is InChI=1S/C36H39N7O3/c1-23-9-12-26(19-30(23)33(37)44)43-34(31(21-39-43)36(2,3)4)41-35(45)40-32-14-13-27(28-7-5-6-8-29(28)32)24-10-11-25(38-20-24)22-42-15-17-46-18-16-42/h5-14,19-21H,15-18,22H2,1-4H3,(H2,37,44)(H2,40,41,45). The molecule has 6 rings (SSSR count). The number of carbonyl (C=O) groups is 2. The van der Waals surface area contributed by atoms with Gasteiger partial charge in [-0.1, -0.05) is 63.2 Å². The molecule has 10 heteroatoms. The van der Waals surface area contributed by atoms with Gasteiger partial charge in [-0.2, -0.15) is 5.10 Å². The number of hydrogen-bond donors (Lipinski definition) is 3. The zero-order valence-electron chi connectivity index (χ0n) is 26.6. The number of urea groups is 1. The lowest BCUT2D eigenvalue weighted by molar-refractivity contribution is 0.0336. The maximum absolute atomic E-state index is 13.6. The molecule has 236 valence electrons. The second-order valence-corrected chi connectivity index (χ2v) is 12.6. The second-order valence-electron chi connectivity index (χ2n) is 12.6. The average Bonchev–Trinajstić information content (AvgIpc) is 3.46. The Balaban J connectivity index is 1.27. The van der Waals surface area contributed by atoms with E-state index in [2.05, 4.69) is 59.6 Å². The molecule has 0 saturated carbocycles. The number of ether oxygens (including phenoxy) is 1. The largest absolute Gasteiger partial charge is 0.379 e. The highest BCUT2D eigenvalue weighted by atomic mass is 16.5. The van der Waals surface area contributed by atoms with Gasteiger partial charge in [-0.3, -0.25) is 20.0 Å². The van der Waals surface area contributed by atoms with Crippen LogP contribution in [0.2, 0.25) is 0 Å². The number of anilines is 2. The Bertz CT molecular complexity index is 1900. The third kappa shape index (κ3) is 6.49. The first kappa shape index (κ1) is 30.9. The summed E-state index contributed by atoms with van der Waals surface area (Å²) in [5.41, 5.74) is 11.6. The molecule has 3 amide bonds. The molecule has 1 aliphatic rings. The molecule has 0 radical (unpaired) electrons. The molecule has 3 aromatic carbocycles. The molecule has 0 atom stereocenters. The molecule has 0 unspecified atom stereocenters. The molecule has 46 heavy (non-hydrogen) atoms. The number of nitrogens with one attached hydrogen (secondary N) is 2. The van der Waals surface area contributed by atoms with Crippen LogP contribution in [-0.4, -0.2) is 57.9 Å². The number of hydrogen-bond acceptors (Lipinski definition) is 6. The number of nitrogens with zero attached hydrogens (tertiary/aromatic N) is 4. The minimum atomic E-state index is -0.523. The highest BCUT2D eigenvalue weighted by Crippen LogP contribution is 2.35. The molecule has 0 spiro atoms. The zero-order valence-corrected chi connectivity index (χ0v) is 26.6. The number of aryl methyl sites for hydroxylation is 1. The smallest absolute Gasteiger partial charge is 0.324 e. The molecular formula is C36H39N7O3. The number of carbonyl (C=O) groups excluding carboxylic acids is 2. The van der Waals surface area contributed by atoms with Gasteiger partial charge < -0.3 is 15.8 Å². The van der Waals surface area contributed by atoms with E-state index >= 15 is 0 Å². The minimum Gasteiger partial charge on any atom is -0.379 e. The van der Waals surface area contributed by atoms with Crippen molar-refractivity contribution < 1.29 is 14.3 Å². The summed E-state index contributed by atoms with van der Waals surface area (Å²) < 4.78 is 7.09. The lowest BCUT2D eigenvalue weighted by Crippen LogP contribution is -2.35. The van der Waals surface area contributed by atoms with Crippen LogP contribution in [0.1, 0.15) is 48.0 Å². The van der Waals surface area contributed by atoms with E-state index in [1.165, 1.54) is 0 Å². The van der Waals surface area contributed by atoms with Crippen LogP contribution in [-0.2, 0) is 16.7 Å². The fourth-order valence-corrected chi connectivity index (χ4v) is 5.81. The molecule has 3 heterocycles. The van der Waals surface area contributed by atoms with E-state index in [0.29, 0.717) is 22.8 Å². The first-order valence-electron chi connectivity index (χ1n) is 15.4. The molecule has 4 N–H and O–H groups in total. The van der Waals surface area contributed by atoms with E-state index in [9.17, 15) is 9.59 Å². The van der Waals surface area contributed by atoms with Crippen molar-refractivity contribution in [3.63, 3.8) is 0 Å². The van der Waals surface area contributed by atoms with Crippen molar-refractivity contribution in [1.29, 1.82) is 0 Å². The van der Waals surface area contributed by atoms with Crippen LogP contribution in [0.25, 0.3) is 27.6 Å². The van der Waals surface area contributed by atoms with Crippen molar-refractivity contribution in [2.75, 3.05) is 36.9 Å². The highest BCUT2D eigenvalue weighted by Gasteiger charge is 2.25. The zero-order chi connectivity index (χ0) is 32.4. The third-order valence-electron chi connectivity index (χ3n) is 8.34. The quantitative estimate of drug-likeness (QED) is 0.198. The van der Waals surface area contributed by atoms with Crippen molar-refractivity contribution in [1.82, 2.24) is 19.7 Å². The third-order valence-corrected chi connectivity index (χ3v) is 8.34. The van der Waals surface area contributed by atoms with E-state index in [0.717, 1.165) is 71.6 Å². The van der Waals surface area contributed by atoms with Gasteiger partial charge in [-0.05, 0) is 53.1 Å². The molecule has 1 fully saturated rings. The molecular weight excluding hydrogens is 578 g/mol. The normalized spacial score (nSPS) is 13.9. The van der Waals surface area contributed by atoms with Gasteiger partial charge in [0.15, 0.2) is 0 Å². The summed E-state index contributed by atoms with van der Waals surface area (Å²) in [6.07, 6.45) is 3.66. The summed E-state index contributed by atoms with van der Waals surface area (Å²) in [5, 5.41) is 12.6. The average molecular weight is 618 g/mol. The minimum absolute atomic E-state index is 0.321. The number of fused-ring (bicyclic) bond motifs is 1. The number of benzene rings is 3. The van der Waals surface area contributed by atoms with Gasteiger partial charge in [0.2, 0.25) is 5.91 Å². The van der Waals surface area contributed by atoms with Crippen LogP contribution in [0.5, 0.6) is 0 Å². The second kappa shape index (κ2) is 12.7. The maximum Gasteiger partial charge on any atom is 0.324 e. The van der Waals surface area contributed by atoms with E-state index < -0.39 is 11.9 Å². The van der Waals surface area contributed by atoms with E-state index in [1.807, 2.05) is 55.6 Å². The highest BCUT2D eigenvalue weighted by molar-refractivity contribution is 6.09. The van der Waals surface area contributed by atoms with Crippen molar-refractivity contribution in [2.24, 2.45) is 5.73 Å². The SMILES string of the molecule is Cc1ccc(-n2ncc(C(C)(C)C)c2NC(=O)Nc2ccc(-c3ccc(CN4CCOCC4)nc3)c3ccccc23)cc1C(N)=O. The Hall–Kier alpha value is -5.06. The van der Waals surface area contributed by atoms with Crippen LogP contribution in [0.15, 0.2) is 79.1 Å². The lowest BCUT2D eigenvalue weighted by Gasteiger charge is -2.26. The van der Waals surface area contributed by atoms with Gasteiger partial charge in [-0.15, -0.1) is 0 Å². The van der Waals surface area contributed by atoms with E-state index in [4.69, 9.17) is 15.5 Å². The number of nitrogens with two attached hydrogens (primary N) is 1. The van der Waals surface area contributed by atoms with Gasteiger partial charge in [0.25, 0.3) is 0 Å². The van der Waals surface area contributed by atoms with Crippen molar-refractivity contribution >= 4 is 34.2 Å². The van der Waals surface area contributed by atoms with Crippen molar-refractivity contribution in [3.8, 4) is 16.8 Å². The van der Waals surface area contributed by atoms with Gasteiger partial charge in [-0.25, -0.2) is 9.48 Å². The van der Waals surface area contributed by atoms with E-state index in [1.54, 1.807) is 16.9 Å². The predicted octanol–water partition coefficient (Wildman–Crippen LogP) is 6.27. The Morgan fingerprint density at radius 1 is 0.935 bits per heavy atom. The molecule has 0 bridgehead atoms. The number of aromatic nitrogens is 3. The number of rotatable bonds is 7. The summed E-state index contributed by atoms with van der Waals surface area (Å²) in [6.45, 7) is 12.1. The predicted molar refractivity (Wildman–Crippen MR) is 181 cm³/mol. The fourth-order valence-electron chi connectivity index (χ4n) is 5.81. The topological polar surface area (TPSA) is 127 Å². The van der Waals surface area contributed by atoms with Gasteiger partial charge in [0.1, 0.15) is 5.82 Å². The molecule has 10 nitrogen and oxygen atoms in total. The summed E-state index contributed by atoms with van der Waals surface area (Å²) in [7, 11) is 0. The monoisotopic (exact) mass is 617 g/mol. The maximum atomic E-state index is 13.6. The summed E-state index contributed by atoms with van der Waals surface area (Å²) in [4.78, 5) is 32.8. The molecule has 1 aliphatic heterocycles. The summed E-state index contributed by atoms with van der Waals surface area (Å²) >= 11 is 0. The number of morpholine rings is 1. The fraction of sp³-hybridized carbons (Fsp3) is 0.278. The van der Waals surface area contributed by atoms with Crippen LogP contribution >= 0.6 is 0 Å². The molecule has 0 aliphatic carbocycles. The Morgan fingerprint density at radius 3 is 2.39 bits per heavy atom. The van der Waals surface area contributed by atoms with Crippen LogP contribution in [0.3, 0.4) is 0 Å². The van der Waals surface area contributed by atoms with E-state index in [-0.39, 0.29) is 5.41 Å². The molecule has 5 aromatic rings. The molecule has 2 aromatic heterocycles. The van der Waals surface area contributed by atoms with Crippen molar-refractivity contribution in [2.45, 2.75) is 39.7 Å². The van der Waals surface area contributed by atoms with Crippen molar-refractivity contribution in [3.05, 3.63) is 102 Å². The number of pyridine rings is 1. The summed E-state index contributed by atoms with van der Waals surface area (Å²) in [6, 6.07) is 21.1. The van der Waals surface area contributed by atoms with Gasteiger partial charge >= 0.3 is 6.03 Å². The Labute approximate surface area is 268 Å². The first-order valence-corrected chi connectivity index (χ1v) is 15.4. The Kier molecular flexibility index (Phi) is 8.57. The van der Waals surface area contributed by atoms with Gasteiger partial charge in [0, 0.05) is 47.9 Å². The van der Waals surface area contributed by atoms with Crippen LogP contribution in [0.4, 0.5) is 16.3 Å². The van der Waals surface area contributed by atoms with Gasteiger partial charge in [0.05, 0.1) is 36.5 Å². The number of amides is 3.